The fourth-order valence-corrected chi connectivity index (χ4v) is 5.14. The van der Waals surface area contributed by atoms with Crippen molar-refractivity contribution in [2.75, 3.05) is 12.3 Å². The van der Waals surface area contributed by atoms with E-state index in [4.69, 9.17) is 0 Å². The number of sulfonamides is 1. The molecule has 0 spiro atoms. The van der Waals surface area contributed by atoms with Crippen molar-refractivity contribution in [3.05, 3.63) is 30.2 Å². The van der Waals surface area contributed by atoms with Crippen LogP contribution < -0.4 is 10.0 Å². The highest BCUT2D eigenvalue weighted by Crippen LogP contribution is 2.42. The molecule has 1 saturated carbocycles. The SMILES string of the molecule is CCS(=O)(=O)N[C@H]1CC[C@H](CNC2=CCC(C(F)(F)F)C(n3cccn3)C2)CC1. The first-order valence-electron chi connectivity index (χ1n) is 10.2. The van der Waals surface area contributed by atoms with E-state index in [0.717, 1.165) is 31.4 Å². The van der Waals surface area contributed by atoms with E-state index in [2.05, 4.69) is 15.1 Å². The van der Waals surface area contributed by atoms with Crippen molar-refractivity contribution < 1.29 is 21.6 Å². The highest BCUT2D eigenvalue weighted by molar-refractivity contribution is 7.89. The summed E-state index contributed by atoms with van der Waals surface area (Å²) in [5.41, 5.74) is 0.833. The van der Waals surface area contributed by atoms with Crippen molar-refractivity contribution in [2.24, 2.45) is 11.8 Å². The molecule has 0 bridgehead atoms. The first-order chi connectivity index (χ1) is 13.7. The van der Waals surface area contributed by atoms with Gasteiger partial charge < -0.3 is 5.32 Å². The molecule has 0 saturated heterocycles. The molecule has 3 rings (SSSR count). The second kappa shape index (κ2) is 9.07. The fraction of sp³-hybridized carbons (Fsp3) is 0.737. The van der Waals surface area contributed by atoms with E-state index in [1.807, 2.05) is 0 Å². The van der Waals surface area contributed by atoms with E-state index in [9.17, 15) is 21.6 Å². The predicted octanol–water partition coefficient (Wildman–Crippen LogP) is 3.37. The molecule has 0 aromatic carbocycles. The molecule has 1 aromatic rings. The van der Waals surface area contributed by atoms with Gasteiger partial charge in [0.15, 0.2) is 0 Å². The number of hydrogen-bond donors (Lipinski definition) is 2. The maximum Gasteiger partial charge on any atom is 0.394 e. The summed E-state index contributed by atoms with van der Waals surface area (Å²) in [4.78, 5) is 0. The number of aromatic nitrogens is 2. The van der Waals surface area contributed by atoms with Crippen LogP contribution in [0.5, 0.6) is 0 Å². The van der Waals surface area contributed by atoms with Crippen LogP contribution in [0, 0.1) is 11.8 Å². The molecule has 2 atom stereocenters. The Morgan fingerprint density at radius 2 is 1.97 bits per heavy atom. The second-order valence-electron chi connectivity index (χ2n) is 7.99. The second-order valence-corrected chi connectivity index (χ2v) is 10.0. The zero-order valence-corrected chi connectivity index (χ0v) is 17.3. The van der Waals surface area contributed by atoms with Gasteiger partial charge in [-0.25, -0.2) is 13.1 Å². The minimum absolute atomic E-state index is 0.0122. The monoisotopic (exact) mass is 434 g/mol. The third kappa shape index (κ3) is 5.97. The number of halogens is 3. The van der Waals surface area contributed by atoms with Crippen LogP contribution in [0.2, 0.25) is 0 Å². The van der Waals surface area contributed by atoms with Crippen LogP contribution >= 0.6 is 0 Å². The van der Waals surface area contributed by atoms with Crippen molar-refractivity contribution in [1.82, 2.24) is 19.8 Å². The first kappa shape index (κ1) is 22.1. The standard InChI is InChI=1S/C19H29F3N4O2S/c1-2-29(27,28)25-15-6-4-14(5-7-15)13-23-16-8-9-17(19(20,21)22)18(12-16)26-11-3-10-24-26/h3,8,10-11,14-15,17-18,23,25H,2,4-7,9,12-13H2,1H3/t14-,15-,17?,18?. The minimum Gasteiger partial charge on any atom is -0.388 e. The van der Waals surface area contributed by atoms with Gasteiger partial charge in [-0.15, -0.1) is 0 Å². The van der Waals surface area contributed by atoms with Crippen LogP contribution in [0.4, 0.5) is 13.2 Å². The van der Waals surface area contributed by atoms with Gasteiger partial charge in [-0.2, -0.15) is 18.3 Å². The molecule has 1 fully saturated rings. The zero-order chi connectivity index (χ0) is 21.1. The molecule has 2 aliphatic carbocycles. The average molecular weight is 435 g/mol. The van der Waals surface area contributed by atoms with Gasteiger partial charge in [0, 0.05) is 37.1 Å². The zero-order valence-electron chi connectivity index (χ0n) is 16.5. The van der Waals surface area contributed by atoms with Gasteiger partial charge in [-0.3, -0.25) is 4.68 Å². The van der Waals surface area contributed by atoms with Crippen molar-refractivity contribution >= 4 is 10.0 Å². The molecule has 2 aliphatic rings. The topological polar surface area (TPSA) is 76.0 Å². The van der Waals surface area contributed by atoms with E-state index >= 15 is 0 Å². The number of hydrogen-bond acceptors (Lipinski definition) is 4. The normalized spacial score (nSPS) is 28.8. The van der Waals surface area contributed by atoms with Gasteiger partial charge in [0.1, 0.15) is 0 Å². The molecule has 29 heavy (non-hydrogen) atoms. The molecule has 0 radical (unpaired) electrons. The highest BCUT2D eigenvalue weighted by atomic mass is 32.2. The third-order valence-corrected chi connectivity index (χ3v) is 7.44. The molecule has 1 heterocycles. The summed E-state index contributed by atoms with van der Waals surface area (Å²) in [7, 11) is -3.19. The third-order valence-electron chi connectivity index (χ3n) is 5.99. The van der Waals surface area contributed by atoms with Crippen LogP contribution in [0.15, 0.2) is 30.2 Å². The number of nitrogens with one attached hydrogen (secondary N) is 2. The van der Waals surface area contributed by atoms with Crippen LogP contribution in [0.3, 0.4) is 0 Å². The van der Waals surface area contributed by atoms with Crippen LogP contribution in [-0.4, -0.2) is 42.7 Å². The quantitative estimate of drug-likeness (QED) is 0.690. The molecular weight excluding hydrogens is 405 g/mol. The maximum absolute atomic E-state index is 13.4. The molecule has 6 nitrogen and oxygen atoms in total. The van der Waals surface area contributed by atoms with Crippen LogP contribution in [0.25, 0.3) is 0 Å². The summed E-state index contributed by atoms with van der Waals surface area (Å²) in [5, 5.41) is 7.38. The van der Waals surface area contributed by atoms with Crippen molar-refractivity contribution in [3.8, 4) is 0 Å². The highest BCUT2D eigenvalue weighted by Gasteiger charge is 2.46. The van der Waals surface area contributed by atoms with Crippen LogP contribution in [0.1, 0.15) is 51.5 Å². The van der Waals surface area contributed by atoms with Gasteiger partial charge in [-0.1, -0.05) is 6.08 Å². The number of rotatable bonds is 7. The van der Waals surface area contributed by atoms with Gasteiger partial charge in [0.2, 0.25) is 10.0 Å². The van der Waals surface area contributed by atoms with Gasteiger partial charge >= 0.3 is 6.18 Å². The minimum atomic E-state index is -4.26. The summed E-state index contributed by atoms with van der Waals surface area (Å²) >= 11 is 0. The van der Waals surface area contributed by atoms with Gasteiger partial charge in [0.25, 0.3) is 0 Å². The van der Waals surface area contributed by atoms with E-state index in [0.29, 0.717) is 12.5 Å². The summed E-state index contributed by atoms with van der Waals surface area (Å²) in [6.45, 7) is 2.32. The molecule has 164 valence electrons. The largest absolute Gasteiger partial charge is 0.394 e. The van der Waals surface area contributed by atoms with Crippen molar-refractivity contribution in [1.29, 1.82) is 0 Å². The average Bonchev–Trinajstić information content (AvgIpc) is 3.21. The summed E-state index contributed by atoms with van der Waals surface area (Å²) in [6, 6.07) is 0.892. The Balaban J connectivity index is 1.52. The lowest BCUT2D eigenvalue weighted by Gasteiger charge is -2.34. The molecule has 2 N–H and O–H groups in total. The Labute approximate surface area is 170 Å². The molecule has 0 aliphatic heterocycles. The number of allylic oxidation sites excluding steroid dienone is 2. The Morgan fingerprint density at radius 3 is 2.55 bits per heavy atom. The van der Waals surface area contributed by atoms with Crippen LogP contribution in [-0.2, 0) is 10.0 Å². The number of nitrogens with zero attached hydrogens (tertiary/aromatic N) is 2. The van der Waals surface area contributed by atoms with Crippen molar-refractivity contribution in [2.45, 2.75) is 63.7 Å². The lowest BCUT2D eigenvalue weighted by molar-refractivity contribution is -0.187. The lowest BCUT2D eigenvalue weighted by Crippen LogP contribution is -2.40. The molecule has 10 heteroatoms. The molecule has 2 unspecified atom stereocenters. The molecule has 0 amide bonds. The van der Waals surface area contributed by atoms with Crippen molar-refractivity contribution in [3.63, 3.8) is 0 Å². The van der Waals surface area contributed by atoms with E-state index < -0.39 is 28.2 Å². The Hall–Kier alpha value is -1.55. The summed E-state index contributed by atoms with van der Waals surface area (Å²) in [5.74, 6) is -0.962. The van der Waals surface area contributed by atoms with E-state index in [1.165, 1.54) is 10.9 Å². The van der Waals surface area contributed by atoms with E-state index in [1.54, 1.807) is 25.3 Å². The fourth-order valence-electron chi connectivity index (χ4n) is 4.23. The predicted molar refractivity (Wildman–Crippen MR) is 104 cm³/mol. The smallest absolute Gasteiger partial charge is 0.388 e. The summed E-state index contributed by atoms with van der Waals surface area (Å²) < 4.78 is 67.8. The van der Waals surface area contributed by atoms with Gasteiger partial charge in [0.05, 0.1) is 17.7 Å². The Morgan fingerprint density at radius 1 is 1.24 bits per heavy atom. The number of alkyl halides is 3. The maximum atomic E-state index is 13.4. The molecular formula is C19H29F3N4O2S. The first-order valence-corrected chi connectivity index (χ1v) is 11.8. The van der Waals surface area contributed by atoms with E-state index in [-0.39, 0.29) is 24.6 Å². The lowest BCUT2D eigenvalue weighted by atomic mass is 9.85. The Bertz CT molecular complexity index is 785. The summed E-state index contributed by atoms with van der Waals surface area (Å²) in [6.07, 6.45) is 4.08. The Kier molecular flexibility index (Phi) is 6.93. The van der Waals surface area contributed by atoms with Gasteiger partial charge in [-0.05, 0) is 51.0 Å². The molecule has 1 aromatic heterocycles.